The monoisotopic (exact) mass is 269 g/mol. The molecule has 0 bridgehead atoms. The van der Waals surface area contributed by atoms with E-state index in [0.717, 1.165) is 11.8 Å². The van der Waals surface area contributed by atoms with Crippen molar-refractivity contribution in [1.82, 2.24) is 0 Å². The Bertz CT molecular complexity index is 700. The van der Waals surface area contributed by atoms with Gasteiger partial charge in [-0.05, 0) is 30.3 Å². The summed E-state index contributed by atoms with van der Waals surface area (Å²) >= 11 is 0. The average molecular weight is 269 g/mol. The summed E-state index contributed by atoms with van der Waals surface area (Å²) in [5.41, 5.74) is 1.08. The molecule has 0 aliphatic carbocycles. The van der Waals surface area contributed by atoms with Gasteiger partial charge < -0.3 is 14.8 Å². The van der Waals surface area contributed by atoms with Gasteiger partial charge in [0.25, 0.3) is 5.91 Å². The van der Waals surface area contributed by atoms with Crippen LogP contribution in [0, 0.1) is 11.8 Å². The first-order valence-electron chi connectivity index (χ1n) is 5.79. The van der Waals surface area contributed by atoms with Crippen LogP contribution in [0.15, 0.2) is 51.9 Å². The van der Waals surface area contributed by atoms with Gasteiger partial charge in [-0.3, -0.25) is 4.79 Å². The van der Waals surface area contributed by atoms with E-state index in [1.54, 1.807) is 24.3 Å². The van der Waals surface area contributed by atoms with E-state index in [-0.39, 0.29) is 18.1 Å². The Hall–Kier alpha value is -2.84. The molecule has 0 aliphatic heterocycles. The molecule has 1 aromatic carbocycles. The lowest BCUT2D eigenvalue weighted by Gasteiger charge is -2.04. The summed E-state index contributed by atoms with van der Waals surface area (Å²) in [6.45, 7) is -0.197. The Morgan fingerprint density at radius 2 is 1.95 bits per heavy atom. The molecule has 100 valence electrons. The highest BCUT2D eigenvalue weighted by Crippen LogP contribution is 2.10. The van der Waals surface area contributed by atoms with Crippen LogP contribution in [0.1, 0.15) is 15.9 Å². The fraction of sp³-hybridized carbons (Fsp3) is 0.0667. The van der Waals surface area contributed by atoms with Crippen molar-refractivity contribution in [1.29, 1.82) is 0 Å². The first kappa shape index (κ1) is 13.6. The van der Waals surface area contributed by atoms with E-state index in [1.165, 1.54) is 12.1 Å². The summed E-state index contributed by atoms with van der Waals surface area (Å²) in [6.07, 6.45) is 1.11. The predicted octanol–water partition coefficient (Wildman–Crippen LogP) is 1.24. The molecule has 5 heteroatoms. The molecule has 1 aromatic heterocycles. The summed E-state index contributed by atoms with van der Waals surface area (Å²) in [7, 11) is 0. The van der Waals surface area contributed by atoms with E-state index in [2.05, 4.69) is 21.6 Å². The van der Waals surface area contributed by atoms with Crippen molar-refractivity contribution in [3.8, 4) is 11.8 Å². The Kier molecular flexibility index (Phi) is 4.32. The van der Waals surface area contributed by atoms with Gasteiger partial charge in [0.05, 0.1) is 5.56 Å². The molecule has 2 N–H and O–H groups in total. The van der Waals surface area contributed by atoms with E-state index in [9.17, 15) is 9.59 Å². The molecule has 1 heterocycles. The van der Waals surface area contributed by atoms with E-state index in [0.29, 0.717) is 5.69 Å². The molecule has 20 heavy (non-hydrogen) atoms. The number of aliphatic hydroxyl groups is 1. The Morgan fingerprint density at radius 3 is 2.55 bits per heavy atom. The maximum Gasteiger partial charge on any atom is 0.335 e. The fourth-order valence-corrected chi connectivity index (χ4v) is 1.47. The molecule has 0 radical (unpaired) electrons. The third-order valence-corrected chi connectivity index (χ3v) is 2.42. The molecule has 0 aliphatic rings. The van der Waals surface area contributed by atoms with Crippen molar-refractivity contribution in [2.45, 2.75) is 0 Å². The molecule has 0 fully saturated rings. The largest absolute Gasteiger partial charge is 0.430 e. The number of aliphatic hydroxyl groups excluding tert-OH is 1. The highest BCUT2D eigenvalue weighted by atomic mass is 16.4. The third-order valence-electron chi connectivity index (χ3n) is 2.42. The van der Waals surface area contributed by atoms with Crippen molar-refractivity contribution in [2.24, 2.45) is 0 Å². The summed E-state index contributed by atoms with van der Waals surface area (Å²) in [5.74, 6) is 4.91. The standard InChI is InChI=1S/C15H11NO4/c17-9-1-2-11-3-6-13(7-4-11)16-15(19)12-5-8-14(18)20-10-12/h3-8,10,17H,9H2,(H,16,19). The van der Waals surface area contributed by atoms with E-state index < -0.39 is 5.63 Å². The number of carbonyl (C=O) groups is 1. The number of carbonyl (C=O) groups excluding carboxylic acids is 1. The Labute approximate surface area is 114 Å². The van der Waals surface area contributed by atoms with Crippen LogP contribution in [-0.4, -0.2) is 17.6 Å². The van der Waals surface area contributed by atoms with Gasteiger partial charge in [0.15, 0.2) is 0 Å². The smallest absolute Gasteiger partial charge is 0.335 e. The maximum absolute atomic E-state index is 11.8. The number of hydrogen-bond donors (Lipinski definition) is 2. The summed E-state index contributed by atoms with van der Waals surface area (Å²) in [5, 5.41) is 11.2. The highest BCUT2D eigenvalue weighted by molar-refractivity contribution is 6.03. The van der Waals surface area contributed by atoms with Gasteiger partial charge in [0, 0.05) is 17.3 Å². The lowest BCUT2D eigenvalue weighted by molar-refractivity contribution is 0.102. The van der Waals surface area contributed by atoms with Crippen molar-refractivity contribution < 1.29 is 14.3 Å². The zero-order chi connectivity index (χ0) is 14.4. The molecule has 0 atom stereocenters. The van der Waals surface area contributed by atoms with E-state index >= 15 is 0 Å². The second-order valence-electron chi connectivity index (χ2n) is 3.83. The zero-order valence-corrected chi connectivity index (χ0v) is 10.4. The third kappa shape index (κ3) is 3.57. The topological polar surface area (TPSA) is 79.5 Å². The van der Waals surface area contributed by atoms with Crippen molar-refractivity contribution >= 4 is 11.6 Å². The average Bonchev–Trinajstić information content (AvgIpc) is 2.47. The molecule has 2 rings (SSSR count). The molecular weight excluding hydrogens is 258 g/mol. The number of hydrogen-bond acceptors (Lipinski definition) is 4. The first-order chi connectivity index (χ1) is 9.69. The predicted molar refractivity (Wildman–Crippen MR) is 73.3 cm³/mol. The Morgan fingerprint density at radius 1 is 1.20 bits per heavy atom. The second kappa shape index (κ2) is 6.36. The number of rotatable bonds is 2. The molecule has 0 spiro atoms. The van der Waals surface area contributed by atoms with Crippen molar-refractivity contribution in [2.75, 3.05) is 11.9 Å². The normalized spacial score (nSPS) is 9.45. The number of anilines is 1. The molecule has 0 unspecified atom stereocenters. The van der Waals surface area contributed by atoms with Crippen LogP contribution in [0.5, 0.6) is 0 Å². The van der Waals surface area contributed by atoms with Crippen molar-refractivity contribution in [3.05, 3.63) is 64.2 Å². The number of nitrogens with one attached hydrogen (secondary N) is 1. The zero-order valence-electron chi connectivity index (χ0n) is 10.4. The molecule has 1 amide bonds. The van der Waals surface area contributed by atoms with Crippen LogP contribution in [0.4, 0.5) is 5.69 Å². The lowest BCUT2D eigenvalue weighted by atomic mass is 10.2. The van der Waals surface area contributed by atoms with Gasteiger partial charge in [-0.1, -0.05) is 11.8 Å². The Balaban J connectivity index is 2.08. The molecular formula is C15H11NO4. The quantitative estimate of drug-likeness (QED) is 0.804. The minimum Gasteiger partial charge on any atom is -0.430 e. The molecule has 0 saturated carbocycles. The SMILES string of the molecule is O=C(Nc1ccc(C#CCO)cc1)c1ccc(=O)oc1. The van der Waals surface area contributed by atoms with Gasteiger partial charge in [0.2, 0.25) is 0 Å². The van der Waals surface area contributed by atoms with Crippen LogP contribution >= 0.6 is 0 Å². The van der Waals surface area contributed by atoms with Crippen LogP contribution in [-0.2, 0) is 0 Å². The van der Waals surface area contributed by atoms with Gasteiger partial charge >= 0.3 is 5.63 Å². The number of amides is 1. The first-order valence-corrected chi connectivity index (χ1v) is 5.79. The van der Waals surface area contributed by atoms with E-state index in [1.807, 2.05) is 0 Å². The minimum atomic E-state index is -0.506. The van der Waals surface area contributed by atoms with Gasteiger partial charge in [-0.2, -0.15) is 0 Å². The van der Waals surface area contributed by atoms with Gasteiger partial charge in [0.1, 0.15) is 12.9 Å². The van der Waals surface area contributed by atoms with Crippen molar-refractivity contribution in [3.63, 3.8) is 0 Å². The van der Waals surface area contributed by atoms with Crippen LogP contribution in [0.2, 0.25) is 0 Å². The summed E-state index contributed by atoms with van der Waals surface area (Å²) in [4.78, 5) is 22.6. The fourth-order valence-electron chi connectivity index (χ4n) is 1.47. The highest BCUT2D eigenvalue weighted by Gasteiger charge is 2.06. The van der Waals surface area contributed by atoms with E-state index in [4.69, 9.17) is 5.11 Å². The van der Waals surface area contributed by atoms with Crippen LogP contribution in [0.3, 0.4) is 0 Å². The van der Waals surface area contributed by atoms with Gasteiger partial charge in [-0.15, -0.1) is 0 Å². The van der Waals surface area contributed by atoms with Crippen LogP contribution in [0.25, 0.3) is 0 Å². The maximum atomic E-state index is 11.8. The minimum absolute atomic E-state index is 0.197. The lowest BCUT2D eigenvalue weighted by Crippen LogP contribution is -2.12. The van der Waals surface area contributed by atoms with Gasteiger partial charge in [-0.25, -0.2) is 4.79 Å². The molecule has 0 saturated heterocycles. The molecule has 5 nitrogen and oxygen atoms in total. The summed E-state index contributed by atoms with van der Waals surface area (Å²) < 4.78 is 4.62. The second-order valence-corrected chi connectivity index (χ2v) is 3.83. The summed E-state index contributed by atoms with van der Waals surface area (Å²) in [6, 6.07) is 9.41. The van der Waals surface area contributed by atoms with Crippen LogP contribution < -0.4 is 10.9 Å². The number of benzene rings is 1. The molecule has 2 aromatic rings.